The molecule has 0 spiro atoms. The second-order valence-corrected chi connectivity index (χ2v) is 8.87. The van der Waals surface area contributed by atoms with E-state index >= 15 is 0 Å². The molecule has 2 heterocycles. The number of fused-ring (bicyclic) bond motifs is 2. The summed E-state index contributed by atoms with van der Waals surface area (Å²) in [5.41, 5.74) is 4.50. The van der Waals surface area contributed by atoms with Crippen LogP contribution in [0.25, 0.3) is 10.9 Å². The molecule has 0 radical (unpaired) electrons. The molecule has 4 aromatic rings. The van der Waals surface area contributed by atoms with Gasteiger partial charge in [-0.2, -0.15) is 0 Å². The van der Waals surface area contributed by atoms with E-state index in [4.69, 9.17) is 9.47 Å². The Morgan fingerprint density at radius 3 is 2.83 bits per heavy atom. The van der Waals surface area contributed by atoms with Crippen LogP contribution in [-0.2, 0) is 24.3 Å². The molecule has 5 rings (SSSR count). The standard InChI is InChI=1S/C29H29N3O3/c1-32(20-24-10-5-9-22-11-6-14-30-28(22)24)19-21-7-4-12-25(17-21)34-16-15-31-29(33)27-18-23-8-2-3-13-26(23)35-27/h2-14,17,27H,15-16,18-20H2,1H3,(H,31,33). The molecule has 6 heteroatoms. The molecular weight excluding hydrogens is 438 g/mol. The Balaban J connectivity index is 1.09. The highest BCUT2D eigenvalue weighted by Gasteiger charge is 2.28. The molecule has 1 N–H and O–H groups in total. The van der Waals surface area contributed by atoms with E-state index in [9.17, 15) is 4.79 Å². The van der Waals surface area contributed by atoms with Gasteiger partial charge in [-0.3, -0.25) is 14.7 Å². The van der Waals surface area contributed by atoms with Gasteiger partial charge in [0, 0.05) is 31.1 Å². The Morgan fingerprint density at radius 1 is 1.06 bits per heavy atom. The maximum absolute atomic E-state index is 12.4. The minimum Gasteiger partial charge on any atom is -0.492 e. The number of rotatable bonds is 9. The van der Waals surface area contributed by atoms with Crippen molar-refractivity contribution in [2.75, 3.05) is 20.2 Å². The van der Waals surface area contributed by atoms with Gasteiger partial charge < -0.3 is 14.8 Å². The van der Waals surface area contributed by atoms with E-state index in [1.165, 1.54) is 11.1 Å². The van der Waals surface area contributed by atoms with Gasteiger partial charge in [-0.15, -0.1) is 0 Å². The summed E-state index contributed by atoms with van der Waals surface area (Å²) in [6.45, 7) is 2.41. The molecule has 1 aliphatic rings. The molecule has 3 aromatic carbocycles. The molecule has 0 saturated heterocycles. The van der Waals surface area contributed by atoms with Crippen LogP contribution in [-0.4, -0.2) is 42.1 Å². The van der Waals surface area contributed by atoms with Crippen LogP contribution in [0.15, 0.2) is 85.1 Å². The number of amides is 1. The van der Waals surface area contributed by atoms with Crippen molar-refractivity contribution < 1.29 is 14.3 Å². The highest BCUT2D eigenvalue weighted by molar-refractivity contribution is 5.82. The number of pyridine rings is 1. The van der Waals surface area contributed by atoms with Crippen molar-refractivity contribution in [1.29, 1.82) is 0 Å². The van der Waals surface area contributed by atoms with E-state index in [0.29, 0.717) is 19.6 Å². The van der Waals surface area contributed by atoms with Crippen LogP contribution in [0.2, 0.25) is 0 Å². The molecule has 0 bridgehead atoms. The molecule has 1 amide bonds. The topological polar surface area (TPSA) is 63.7 Å². The van der Waals surface area contributed by atoms with Gasteiger partial charge in [0.1, 0.15) is 18.1 Å². The number of hydrogen-bond acceptors (Lipinski definition) is 5. The van der Waals surface area contributed by atoms with Crippen molar-refractivity contribution in [3.8, 4) is 11.5 Å². The molecule has 0 saturated carbocycles. The fourth-order valence-electron chi connectivity index (χ4n) is 4.47. The smallest absolute Gasteiger partial charge is 0.261 e. The van der Waals surface area contributed by atoms with E-state index in [0.717, 1.165) is 41.1 Å². The Morgan fingerprint density at radius 2 is 1.91 bits per heavy atom. The van der Waals surface area contributed by atoms with Gasteiger partial charge in [-0.25, -0.2) is 0 Å². The summed E-state index contributed by atoms with van der Waals surface area (Å²) in [7, 11) is 2.11. The van der Waals surface area contributed by atoms with Crippen molar-refractivity contribution >= 4 is 16.8 Å². The lowest BCUT2D eigenvalue weighted by molar-refractivity contribution is -0.127. The molecule has 0 fully saturated rings. The Bertz CT molecular complexity index is 1290. The van der Waals surface area contributed by atoms with Crippen LogP contribution < -0.4 is 14.8 Å². The quantitative estimate of drug-likeness (QED) is 0.371. The summed E-state index contributed by atoms with van der Waals surface area (Å²) in [4.78, 5) is 19.3. The summed E-state index contributed by atoms with van der Waals surface area (Å²) in [5.74, 6) is 1.48. The second-order valence-electron chi connectivity index (χ2n) is 8.87. The first-order valence-electron chi connectivity index (χ1n) is 11.9. The summed E-state index contributed by atoms with van der Waals surface area (Å²) in [6, 6.07) is 26.2. The number of hydrogen-bond donors (Lipinski definition) is 1. The van der Waals surface area contributed by atoms with Crippen LogP contribution in [0.4, 0.5) is 0 Å². The molecule has 1 aliphatic heterocycles. The minimum absolute atomic E-state index is 0.108. The van der Waals surface area contributed by atoms with E-state index < -0.39 is 6.10 Å². The van der Waals surface area contributed by atoms with E-state index in [2.05, 4.69) is 58.6 Å². The summed E-state index contributed by atoms with van der Waals surface area (Å²) >= 11 is 0. The van der Waals surface area contributed by atoms with Gasteiger partial charge in [0.2, 0.25) is 0 Å². The lowest BCUT2D eigenvalue weighted by Crippen LogP contribution is -2.39. The van der Waals surface area contributed by atoms with E-state index in [1.54, 1.807) is 0 Å². The average molecular weight is 468 g/mol. The molecule has 6 nitrogen and oxygen atoms in total. The van der Waals surface area contributed by atoms with Gasteiger partial charge in [0.15, 0.2) is 6.10 Å². The molecular formula is C29H29N3O3. The number of aromatic nitrogens is 1. The van der Waals surface area contributed by atoms with Crippen molar-refractivity contribution in [1.82, 2.24) is 15.2 Å². The first-order valence-corrected chi connectivity index (χ1v) is 11.9. The zero-order valence-corrected chi connectivity index (χ0v) is 19.8. The van der Waals surface area contributed by atoms with Crippen LogP contribution in [0.5, 0.6) is 11.5 Å². The Labute approximate surface area is 205 Å². The van der Waals surface area contributed by atoms with Crippen molar-refractivity contribution in [3.05, 3.63) is 102 Å². The number of nitrogens with zero attached hydrogens (tertiary/aromatic N) is 2. The van der Waals surface area contributed by atoms with Crippen molar-refractivity contribution in [2.45, 2.75) is 25.6 Å². The SMILES string of the molecule is CN(Cc1cccc(OCCNC(=O)C2Cc3ccccc3O2)c1)Cc1cccc2cccnc12. The van der Waals surface area contributed by atoms with E-state index in [1.807, 2.05) is 48.7 Å². The van der Waals surface area contributed by atoms with Crippen molar-refractivity contribution in [2.24, 2.45) is 0 Å². The van der Waals surface area contributed by atoms with Gasteiger partial charge >= 0.3 is 0 Å². The van der Waals surface area contributed by atoms with E-state index in [-0.39, 0.29) is 5.91 Å². The number of carbonyl (C=O) groups excluding carboxylic acids is 1. The molecule has 178 valence electrons. The zero-order chi connectivity index (χ0) is 24.0. The van der Waals surface area contributed by atoms with Crippen LogP contribution in [0.3, 0.4) is 0 Å². The second kappa shape index (κ2) is 10.6. The summed E-state index contributed by atoms with van der Waals surface area (Å²) in [6.07, 6.45) is 1.98. The number of carbonyl (C=O) groups is 1. The van der Waals surface area contributed by atoms with Gasteiger partial charge in [0.25, 0.3) is 5.91 Å². The number of nitrogens with one attached hydrogen (secondary N) is 1. The van der Waals surface area contributed by atoms with Crippen molar-refractivity contribution in [3.63, 3.8) is 0 Å². The fourth-order valence-corrected chi connectivity index (χ4v) is 4.47. The first-order chi connectivity index (χ1) is 17.2. The molecule has 1 atom stereocenters. The summed E-state index contributed by atoms with van der Waals surface area (Å²) < 4.78 is 11.6. The van der Waals surface area contributed by atoms with Crippen LogP contribution in [0.1, 0.15) is 16.7 Å². The van der Waals surface area contributed by atoms with Gasteiger partial charge in [0.05, 0.1) is 12.1 Å². The third-order valence-electron chi connectivity index (χ3n) is 6.12. The number of benzene rings is 3. The van der Waals surface area contributed by atoms with Crippen LogP contribution >= 0.6 is 0 Å². The maximum Gasteiger partial charge on any atom is 0.261 e. The monoisotopic (exact) mass is 467 g/mol. The normalized spacial score (nSPS) is 14.5. The van der Waals surface area contributed by atoms with Gasteiger partial charge in [-0.1, -0.05) is 54.6 Å². The molecule has 1 unspecified atom stereocenters. The number of para-hydroxylation sites is 2. The molecule has 1 aromatic heterocycles. The zero-order valence-electron chi connectivity index (χ0n) is 19.8. The third-order valence-corrected chi connectivity index (χ3v) is 6.12. The predicted molar refractivity (Wildman–Crippen MR) is 136 cm³/mol. The lowest BCUT2D eigenvalue weighted by Gasteiger charge is -2.18. The Kier molecular flexibility index (Phi) is 6.91. The molecule has 0 aliphatic carbocycles. The maximum atomic E-state index is 12.4. The Hall–Kier alpha value is -3.90. The largest absolute Gasteiger partial charge is 0.492 e. The highest BCUT2D eigenvalue weighted by Crippen LogP contribution is 2.28. The average Bonchev–Trinajstić information content (AvgIpc) is 3.32. The minimum atomic E-state index is -0.469. The highest BCUT2D eigenvalue weighted by atomic mass is 16.5. The first kappa shape index (κ1) is 22.9. The summed E-state index contributed by atoms with van der Waals surface area (Å²) in [5, 5.41) is 4.07. The number of ether oxygens (including phenoxy) is 2. The van der Waals surface area contributed by atoms with Gasteiger partial charge in [-0.05, 0) is 48.0 Å². The third kappa shape index (κ3) is 5.61. The lowest BCUT2D eigenvalue weighted by atomic mass is 10.1. The fraction of sp³-hybridized carbons (Fsp3) is 0.241. The molecule has 35 heavy (non-hydrogen) atoms. The van der Waals surface area contributed by atoms with Crippen LogP contribution in [0, 0.1) is 0 Å². The predicted octanol–water partition coefficient (Wildman–Crippen LogP) is 4.37.